The van der Waals surface area contributed by atoms with Crippen LogP contribution < -0.4 is 10.1 Å². The third-order valence-corrected chi connectivity index (χ3v) is 5.57. The molecule has 2 aromatic carbocycles. The molecule has 4 aromatic rings. The molecule has 0 aliphatic heterocycles. The summed E-state index contributed by atoms with van der Waals surface area (Å²) < 4.78 is 13.3. The number of nitrogens with zero attached hydrogens (tertiary/aromatic N) is 2. The van der Waals surface area contributed by atoms with Gasteiger partial charge in [-0.1, -0.05) is 11.3 Å². The van der Waals surface area contributed by atoms with Gasteiger partial charge >= 0.3 is 0 Å². The SMILES string of the molecule is COCCCNC(=O)c1ccc2c(c1)sc1nc(-c3ccc(OC)cc3)cn12. The van der Waals surface area contributed by atoms with Crippen LogP contribution in [0.2, 0.25) is 0 Å². The molecule has 1 amide bonds. The molecule has 0 bridgehead atoms. The lowest BCUT2D eigenvalue weighted by Gasteiger charge is -2.05. The minimum absolute atomic E-state index is 0.0667. The summed E-state index contributed by atoms with van der Waals surface area (Å²) in [6.45, 7) is 1.24. The molecule has 7 heteroatoms. The van der Waals surface area contributed by atoms with Crippen molar-refractivity contribution in [2.45, 2.75) is 6.42 Å². The summed E-state index contributed by atoms with van der Waals surface area (Å²) in [7, 11) is 3.31. The molecule has 6 nitrogen and oxygen atoms in total. The Morgan fingerprint density at radius 1 is 1.18 bits per heavy atom. The molecule has 0 saturated heterocycles. The molecular formula is C21H21N3O3S. The summed E-state index contributed by atoms with van der Waals surface area (Å²) >= 11 is 1.58. The molecule has 0 spiro atoms. The smallest absolute Gasteiger partial charge is 0.251 e. The van der Waals surface area contributed by atoms with Gasteiger partial charge in [0.05, 0.1) is 23.0 Å². The average Bonchev–Trinajstić information content (AvgIpc) is 3.28. The standard InChI is InChI=1S/C21H21N3O3S/c1-26-11-3-10-22-20(25)15-6-9-18-19(12-15)28-21-23-17(13-24(18)21)14-4-7-16(27-2)8-5-14/h4-9,12-13H,3,10-11H2,1-2H3,(H,22,25). The lowest BCUT2D eigenvalue weighted by Crippen LogP contribution is -2.25. The summed E-state index contributed by atoms with van der Waals surface area (Å²) in [6.07, 6.45) is 2.83. The first kappa shape index (κ1) is 18.5. The molecule has 1 N–H and O–H groups in total. The van der Waals surface area contributed by atoms with Crippen molar-refractivity contribution < 1.29 is 14.3 Å². The Bertz CT molecular complexity index is 1120. The minimum atomic E-state index is -0.0667. The first-order chi connectivity index (χ1) is 13.7. The highest BCUT2D eigenvalue weighted by atomic mass is 32.1. The minimum Gasteiger partial charge on any atom is -0.497 e. The van der Waals surface area contributed by atoms with Gasteiger partial charge in [-0.3, -0.25) is 9.20 Å². The number of rotatable bonds is 7. The van der Waals surface area contributed by atoms with Gasteiger partial charge in [0, 0.05) is 37.6 Å². The largest absolute Gasteiger partial charge is 0.497 e. The van der Waals surface area contributed by atoms with Gasteiger partial charge in [-0.15, -0.1) is 0 Å². The maximum atomic E-state index is 12.3. The van der Waals surface area contributed by atoms with E-state index in [4.69, 9.17) is 14.5 Å². The van der Waals surface area contributed by atoms with Crippen molar-refractivity contribution in [1.29, 1.82) is 0 Å². The predicted molar refractivity (Wildman–Crippen MR) is 111 cm³/mol. The van der Waals surface area contributed by atoms with Crippen LogP contribution in [0.25, 0.3) is 26.4 Å². The van der Waals surface area contributed by atoms with E-state index in [9.17, 15) is 4.79 Å². The zero-order valence-corrected chi connectivity index (χ0v) is 16.6. The molecule has 0 aliphatic carbocycles. The van der Waals surface area contributed by atoms with Gasteiger partial charge in [-0.05, 0) is 48.9 Å². The molecule has 0 aliphatic rings. The molecular weight excluding hydrogens is 374 g/mol. The molecule has 28 heavy (non-hydrogen) atoms. The maximum Gasteiger partial charge on any atom is 0.251 e. The highest BCUT2D eigenvalue weighted by Gasteiger charge is 2.13. The highest BCUT2D eigenvalue weighted by Crippen LogP contribution is 2.30. The Hall–Kier alpha value is -2.90. The first-order valence-electron chi connectivity index (χ1n) is 9.03. The van der Waals surface area contributed by atoms with E-state index in [0.717, 1.165) is 38.6 Å². The highest BCUT2D eigenvalue weighted by molar-refractivity contribution is 7.23. The third-order valence-electron chi connectivity index (χ3n) is 4.55. The number of ether oxygens (including phenoxy) is 2. The summed E-state index contributed by atoms with van der Waals surface area (Å²) in [5.74, 6) is 0.756. The summed E-state index contributed by atoms with van der Waals surface area (Å²) in [5.41, 5.74) is 3.65. The lowest BCUT2D eigenvalue weighted by molar-refractivity contribution is 0.0949. The van der Waals surface area contributed by atoms with E-state index in [0.29, 0.717) is 18.7 Å². The third kappa shape index (κ3) is 3.58. The maximum absolute atomic E-state index is 12.3. The summed E-state index contributed by atoms with van der Waals surface area (Å²) in [6, 6.07) is 13.6. The Balaban J connectivity index is 1.58. The van der Waals surface area contributed by atoms with Crippen LogP contribution in [0.15, 0.2) is 48.7 Å². The van der Waals surface area contributed by atoms with Crippen LogP contribution in [0.1, 0.15) is 16.8 Å². The van der Waals surface area contributed by atoms with Gasteiger partial charge in [-0.2, -0.15) is 0 Å². The number of benzene rings is 2. The number of hydrogen-bond donors (Lipinski definition) is 1. The van der Waals surface area contributed by atoms with Crippen LogP contribution in [0.4, 0.5) is 0 Å². The summed E-state index contributed by atoms with van der Waals surface area (Å²) in [4.78, 5) is 18.0. The fourth-order valence-electron chi connectivity index (χ4n) is 3.06. The van der Waals surface area contributed by atoms with Crippen molar-refractivity contribution in [1.82, 2.24) is 14.7 Å². The van der Waals surface area contributed by atoms with Gasteiger partial charge in [0.2, 0.25) is 0 Å². The monoisotopic (exact) mass is 395 g/mol. The Labute approximate surface area is 166 Å². The molecule has 0 radical (unpaired) electrons. The number of hydrogen-bond acceptors (Lipinski definition) is 5. The zero-order valence-electron chi connectivity index (χ0n) is 15.8. The molecule has 144 valence electrons. The van der Waals surface area contributed by atoms with Crippen molar-refractivity contribution in [2.75, 3.05) is 27.4 Å². The van der Waals surface area contributed by atoms with Gasteiger partial charge in [0.25, 0.3) is 5.91 Å². The number of carbonyl (C=O) groups excluding carboxylic acids is 1. The molecule has 4 rings (SSSR count). The van der Waals surface area contributed by atoms with E-state index >= 15 is 0 Å². The second-order valence-corrected chi connectivity index (χ2v) is 7.40. The van der Waals surface area contributed by atoms with Crippen LogP contribution in [-0.4, -0.2) is 42.7 Å². The van der Waals surface area contributed by atoms with Crippen molar-refractivity contribution in [3.8, 4) is 17.0 Å². The van der Waals surface area contributed by atoms with Crippen LogP contribution in [0.5, 0.6) is 5.75 Å². The Kier molecular flexibility index (Phi) is 5.27. The van der Waals surface area contributed by atoms with E-state index in [2.05, 4.69) is 9.72 Å². The van der Waals surface area contributed by atoms with Crippen LogP contribution in [-0.2, 0) is 4.74 Å². The molecule has 0 saturated carbocycles. The first-order valence-corrected chi connectivity index (χ1v) is 9.84. The van der Waals surface area contributed by atoms with Crippen molar-refractivity contribution in [3.05, 3.63) is 54.2 Å². The van der Waals surface area contributed by atoms with Crippen LogP contribution >= 0.6 is 11.3 Å². The predicted octanol–water partition coefficient (Wildman–Crippen LogP) is 3.99. The molecule has 0 fully saturated rings. The zero-order chi connectivity index (χ0) is 19.5. The fraction of sp³-hybridized carbons (Fsp3) is 0.238. The van der Waals surface area contributed by atoms with E-state index in [1.807, 2.05) is 48.7 Å². The number of fused-ring (bicyclic) bond motifs is 3. The van der Waals surface area contributed by atoms with Crippen molar-refractivity contribution in [2.24, 2.45) is 0 Å². The van der Waals surface area contributed by atoms with Crippen molar-refractivity contribution in [3.63, 3.8) is 0 Å². The number of methoxy groups -OCH3 is 2. The van der Waals surface area contributed by atoms with E-state index in [-0.39, 0.29) is 5.91 Å². The number of thiazole rings is 1. The number of carbonyl (C=O) groups is 1. The quantitative estimate of drug-likeness (QED) is 0.481. The Morgan fingerprint density at radius 3 is 2.75 bits per heavy atom. The molecule has 0 atom stereocenters. The molecule has 2 heterocycles. The number of imidazole rings is 1. The van der Waals surface area contributed by atoms with E-state index in [1.165, 1.54) is 0 Å². The fourth-order valence-corrected chi connectivity index (χ4v) is 4.11. The second kappa shape index (κ2) is 8.00. The number of amides is 1. The molecule has 2 aromatic heterocycles. The molecule has 0 unspecified atom stereocenters. The summed E-state index contributed by atoms with van der Waals surface area (Å²) in [5, 5.41) is 2.92. The van der Waals surface area contributed by atoms with Gasteiger partial charge in [-0.25, -0.2) is 4.98 Å². The van der Waals surface area contributed by atoms with E-state index < -0.39 is 0 Å². The topological polar surface area (TPSA) is 64.9 Å². The van der Waals surface area contributed by atoms with Crippen LogP contribution in [0, 0.1) is 0 Å². The average molecular weight is 395 g/mol. The van der Waals surface area contributed by atoms with E-state index in [1.54, 1.807) is 25.6 Å². The number of aromatic nitrogens is 2. The Morgan fingerprint density at radius 2 is 2.00 bits per heavy atom. The van der Waals surface area contributed by atoms with Crippen LogP contribution in [0.3, 0.4) is 0 Å². The number of nitrogens with one attached hydrogen (secondary N) is 1. The van der Waals surface area contributed by atoms with Gasteiger partial charge in [0.1, 0.15) is 5.75 Å². The van der Waals surface area contributed by atoms with Gasteiger partial charge < -0.3 is 14.8 Å². The lowest BCUT2D eigenvalue weighted by atomic mass is 10.1. The normalized spacial score (nSPS) is 11.2. The van der Waals surface area contributed by atoms with Crippen molar-refractivity contribution >= 4 is 32.4 Å². The second-order valence-electron chi connectivity index (χ2n) is 6.39. The van der Waals surface area contributed by atoms with Gasteiger partial charge in [0.15, 0.2) is 4.96 Å².